The molecule has 2 amide bonds. The monoisotopic (exact) mass is 388 g/mol. The molecule has 2 aromatic rings. The Morgan fingerprint density at radius 1 is 1.32 bits per heavy atom. The van der Waals surface area contributed by atoms with Gasteiger partial charge in [0.05, 0.1) is 5.92 Å². The molecule has 8 heteroatoms. The maximum Gasteiger partial charge on any atom is 0.317 e. The maximum absolute atomic E-state index is 13.2. The minimum absolute atomic E-state index is 0.0366. The number of urea groups is 1. The van der Waals surface area contributed by atoms with E-state index in [-0.39, 0.29) is 23.2 Å². The van der Waals surface area contributed by atoms with Crippen LogP contribution in [0.4, 0.5) is 9.18 Å². The van der Waals surface area contributed by atoms with Gasteiger partial charge in [0, 0.05) is 43.8 Å². The first kappa shape index (κ1) is 18.9. The number of rotatable bonds is 4. The van der Waals surface area contributed by atoms with Gasteiger partial charge in [0.25, 0.3) is 0 Å². The zero-order valence-electron chi connectivity index (χ0n) is 16.0. The molecule has 0 unspecified atom stereocenters. The number of likely N-dealkylation sites (tertiary alicyclic amines) is 1. The zero-order chi connectivity index (χ0) is 19.6. The SMILES string of the molecule is CCCNC(=O)N1C[C@@H](c2nc(-c3ccc(F)cc3)no2)C2(CCOCC2)C1. The lowest BCUT2D eigenvalue weighted by molar-refractivity contribution is 0.00943. The third kappa shape index (κ3) is 3.61. The lowest BCUT2D eigenvalue weighted by Crippen LogP contribution is -2.41. The minimum Gasteiger partial charge on any atom is -0.381 e. The number of amides is 2. The Bertz CT molecular complexity index is 817. The average Bonchev–Trinajstić information content (AvgIpc) is 3.33. The topological polar surface area (TPSA) is 80.5 Å². The van der Waals surface area contributed by atoms with Crippen LogP contribution in [0.5, 0.6) is 0 Å². The minimum atomic E-state index is -0.307. The van der Waals surface area contributed by atoms with E-state index in [1.807, 2.05) is 11.8 Å². The highest BCUT2D eigenvalue weighted by molar-refractivity contribution is 5.74. The van der Waals surface area contributed by atoms with Crippen molar-refractivity contribution in [2.45, 2.75) is 32.1 Å². The van der Waals surface area contributed by atoms with Crippen molar-refractivity contribution in [3.05, 3.63) is 36.0 Å². The van der Waals surface area contributed by atoms with E-state index < -0.39 is 0 Å². The molecule has 0 radical (unpaired) electrons. The maximum atomic E-state index is 13.2. The first-order valence-corrected chi connectivity index (χ1v) is 9.81. The van der Waals surface area contributed by atoms with Crippen LogP contribution in [0.2, 0.25) is 0 Å². The molecule has 2 fully saturated rings. The predicted octanol–water partition coefficient (Wildman–Crippen LogP) is 3.19. The molecule has 150 valence electrons. The van der Waals surface area contributed by atoms with Gasteiger partial charge in [-0.25, -0.2) is 9.18 Å². The van der Waals surface area contributed by atoms with Gasteiger partial charge in [0.15, 0.2) is 0 Å². The predicted molar refractivity (Wildman–Crippen MR) is 100 cm³/mol. The summed E-state index contributed by atoms with van der Waals surface area (Å²) >= 11 is 0. The van der Waals surface area contributed by atoms with E-state index in [9.17, 15) is 9.18 Å². The first-order chi connectivity index (χ1) is 13.6. The van der Waals surface area contributed by atoms with Gasteiger partial charge in [-0.1, -0.05) is 12.1 Å². The molecule has 0 bridgehead atoms. The Kier molecular flexibility index (Phi) is 5.30. The fourth-order valence-corrected chi connectivity index (χ4v) is 4.18. The second-order valence-electron chi connectivity index (χ2n) is 7.60. The number of aromatic nitrogens is 2. The van der Waals surface area contributed by atoms with Gasteiger partial charge < -0.3 is 19.5 Å². The van der Waals surface area contributed by atoms with Crippen LogP contribution < -0.4 is 5.32 Å². The van der Waals surface area contributed by atoms with Gasteiger partial charge in [0.2, 0.25) is 11.7 Å². The quantitative estimate of drug-likeness (QED) is 0.870. The van der Waals surface area contributed by atoms with Crippen LogP contribution in [-0.2, 0) is 4.74 Å². The molecular weight excluding hydrogens is 363 g/mol. The molecule has 1 N–H and O–H groups in total. The van der Waals surface area contributed by atoms with Gasteiger partial charge in [-0.15, -0.1) is 0 Å². The standard InChI is InChI=1S/C20H25FN4O3/c1-2-9-22-19(26)25-12-16(20(13-25)7-10-27-11-8-20)18-23-17(24-28-18)14-3-5-15(21)6-4-14/h3-6,16H,2,7-13H2,1H3,(H,22,26)/t16-/m0/s1. The third-order valence-corrected chi connectivity index (χ3v) is 5.79. The normalized spacial score (nSPS) is 21.2. The van der Waals surface area contributed by atoms with Crippen LogP contribution in [0.3, 0.4) is 0 Å². The van der Waals surface area contributed by atoms with E-state index in [4.69, 9.17) is 9.26 Å². The van der Waals surface area contributed by atoms with E-state index in [2.05, 4.69) is 15.5 Å². The lowest BCUT2D eigenvalue weighted by atomic mass is 9.72. The zero-order valence-corrected chi connectivity index (χ0v) is 16.0. The lowest BCUT2D eigenvalue weighted by Gasteiger charge is -2.36. The van der Waals surface area contributed by atoms with Crippen molar-refractivity contribution >= 4 is 6.03 Å². The summed E-state index contributed by atoms with van der Waals surface area (Å²) in [6.45, 7) is 5.22. The van der Waals surface area contributed by atoms with Crippen molar-refractivity contribution in [2.24, 2.45) is 5.41 Å². The van der Waals surface area contributed by atoms with Gasteiger partial charge in [-0.3, -0.25) is 0 Å². The summed E-state index contributed by atoms with van der Waals surface area (Å²) in [6, 6.07) is 5.97. The number of ether oxygens (including phenoxy) is 1. The number of hydrogen-bond acceptors (Lipinski definition) is 5. The highest BCUT2D eigenvalue weighted by Gasteiger charge is 2.51. The molecule has 1 aromatic carbocycles. The Hall–Kier alpha value is -2.48. The van der Waals surface area contributed by atoms with Crippen molar-refractivity contribution in [3.8, 4) is 11.4 Å². The van der Waals surface area contributed by atoms with E-state index >= 15 is 0 Å². The largest absolute Gasteiger partial charge is 0.381 e. The van der Waals surface area contributed by atoms with Gasteiger partial charge in [-0.2, -0.15) is 4.98 Å². The molecule has 0 aliphatic carbocycles. The molecule has 2 aliphatic rings. The number of nitrogens with zero attached hydrogens (tertiary/aromatic N) is 3. The molecule has 7 nitrogen and oxygen atoms in total. The summed E-state index contributed by atoms with van der Waals surface area (Å²) in [4.78, 5) is 19.0. The number of hydrogen-bond donors (Lipinski definition) is 1. The van der Waals surface area contributed by atoms with Gasteiger partial charge in [0.1, 0.15) is 5.82 Å². The van der Waals surface area contributed by atoms with Crippen LogP contribution in [-0.4, -0.2) is 53.9 Å². The van der Waals surface area contributed by atoms with Crippen molar-refractivity contribution in [1.29, 1.82) is 0 Å². The molecule has 1 atom stereocenters. The van der Waals surface area contributed by atoms with Crippen molar-refractivity contribution in [3.63, 3.8) is 0 Å². The number of nitrogens with one attached hydrogen (secondary N) is 1. The summed E-state index contributed by atoms with van der Waals surface area (Å²) in [7, 11) is 0. The van der Waals surface area contributed by atoms with Crippen molar-refractivity contribution < 1.29 is 18.4 Å². The molecular formula is C20H25FN4O3. The second-order valence-corrected chi connectivity index (χ2v) is 7.60. The van der Waals surface area contributed by atoms with Gasteiger partial charge in [-0.05, 0) is 43.5 Å². The molecule has 0 saturated carbocycles. The average molecular weight is 388 g/mol. The molecule has 4 rings (SSSR count). The summed E-state index contributed by atoms with van der Waals surface area (Å²) in [5.74, 6) is 0.627. The first-order valence-electron chi connectivity index (χ1n) is 9.81. The summed E-state index contributed by atoms with van der Waals surface area (Å²) in [5.41, 5.74) is 0.585. The smallest absolute Gasteiger partial charge is 0.317 e. The highest BCUT2D eigenvalue weighted by Crippen LogP contribution is 2.49. The van der Waals surface area contributed by atoms with E-state index in [1.54, 1.807) is 12.1 Å². The van der Waals surface area contributed by atoms with E-state index in [0.717, 1.165) is 19.3 Å². The Labute approximate surface area is 163 Å². The van der Waals surface area contributed by atoms with Crippen LogP contribution in [0.1, 0.15) is 38.0 Å². The molecule has 3 heterocycles. The number of benzene rings is 1. The van der Waals surface area contributed by atoms with Gasteiger partial charge >= 0.3 is 6.03 Å². The third-order valence-electron chi connectivity index (χ3n) is 5.79. The molecule has 28 heavy (non-hydrogen) atoms. The van der Waals surface area contributed by atoms with E-state index in [1.165, 1.54) is 12.1 Å². The highest BCUT2D eigenvalue weighted by atomic mass is 19.1. The fraction of sp³-hybridized carbons (Fsp3) is 0.550. The fourth-order valence-electron chi connectivity index (χ4n) is 4.18. The molecule has 1 aromatic heterocycles. The summed E-state index contributed by atoms with van der Waals surface area (Å²) in [6.07, 6.45) is 2.60. The molecule has 1 spiro atoms. The van der Waals surface area contributed by atoms with Crippen molar-refractivity contribution in [2.75, 3.05) is 32.8 Å². The van der Waals surface area contributed by atoms with Crippen LogP contribution in [0, 0.1) is 11.2 Å². The van der Waals surface area contributed by atoms with Crippen LogP contribution in [0.25, 0.3) is 11.4 Å². The van der Waals surface area contributed by atoms with Crippen LogP contribution >= 0.6 is 0 Å². The summed E-state index contributed by atoms with van der Waals surface area (Å²) < 4.78 is 24.4. The summed E-state index contributed by atoms with van der Waals surface area (Å²) in [5, 5.41) is 7.06. The molecule has 2 saturated heterocycles. The number of carbonyl (C=O) groups excluding carboxylic acids is 1. The van der Waals surface area contributed by atoms with Crippen LogP contribution in [0.15, 0.2) is 28.8 Å². The Balaban J connectivity index is 1.59. The van der Waals surface area contributed by atoms with Crippen molar-refractivity contribution in [1.82, 2.24) is 20.4 Å². The number of carbonyl (C=O) groups is 1. The Morgan fingerprint density at radius 3 is 2.79 bits per heavy atom. The number of halogens is 1. The Morgan fingerprint density at radius 2 is 2.07 bits per heavy atom. The van der Waals surface area contributed by atoms with E-state index in [0.29, 0.717) is 50.1 Å². The second kappa shape index (κ2) is 7.87. The molecule has 2 aliphatic heterocycles.